The molecule has 0 aliphatic carbocycles. The first kappa shape index (κ1) is 28.0. The van der Waals surface area contributed by atoms with Crippen LogP contribution in [-0.2, 0) is 20.4 Å². The highest BCUT2D eigenvalue weighted by Gasteiger charge is 2.39. The molecule has 1 aliphatic rings. The summed E-state index contributed by atoms with van der Waals surface area (Å²) in [5.74, 6) is -1.92. The zero-order valence-electron chi connectivity index (χ0n) is 22.7. The Labute approximate surface area is 232 Å². The highest BCUT2D eigenvalue weighted by Crippen LogP contribution is 2.36. The average Bonchev–Trinajstić information content (AvgIpc) is 3.07. The summed E-state index contributed by atoms with van der Waals surface area (Å²) in [5, 5.41) is 2.57. The van der Waals surface area contributed by atoms with Crippen molar-refractivity contribution >= 4 is 40.8 Å². The van der Waals surface area contributed by atoms with Crippen molar-refractivity contribution in [3.63, 3.8) is 0 Å². The molecule has 0 unspecified atom stereocenters. The van der Waals surface area contributed by atoms with Gasteiger partial charge >= 0.3 is 5.97 Å². The second-order valence-electron chi connectivity index (χ2n) is 11.4. The fourth-order valence-electron chi connectivity index (χ4n) is 4.10. The number of hydrogen-bond acceptors (Lipinski definition) is 5. The van der Waals surface area contributed by atoms with E-state index in [1.807, 2.05) is 12.1 Å². The van der Waals surface area contributed by atoms with Gasteiger partial charge in [0, 0.05) is 11.3 Å². The van der Waals surface area contributed by atoms with E-state index in [0.717, 1.165) is 28.2 Å². The number of anilines is 2. The quantitative estimate of drug-likeness (QED) is 0.209. The summed E-state index contributed by atoms with van der Waals surface area (Å²) in [6, 6.07) is 17.1. The summed E-state index contributed by atoms with van der Waals surface area (Å²) in [4.78, 5) is 39.4. The van der Waals surface area contributed by atoms with Crippen molar-refractivity contribution in [1.29, 1.82) is 0 Å². The van der Waals surface area contributed by atoms with Crippen molar-refractivity contribution in [1.82, 2.24) is 0 Å². The van der Waals surface area contributed by atoms with Gasteiger partial charge in [-0.25, -0.2) is 14.1 Å². The Morgan fingerprint density at radius 2 is 1.46 bits per heavy atom. The summed E-state index contributed by atoms with van der Waals surface area (Å²) in [5.41, 5.74) is 2.61. The number of amides is 2. The van der Waals surface area contributed by atoms with Gasteiger partial charge in [0.25, 0.3) is 11.8 Å². The maximum Gasteiger partial charge on any atom is 0.343 e. The molecule has 3 aromatic rings. The second-order valence-corrected chi connectivity index (χ2v) is 11.8. The van der Waals surface area contributed by atoms with Crippen LogP contribution >= 0.6 is 11.6 Å². The number of hydrogen-bond donors (Lipinski definition) is 1. The number of esters is 1. The maximum atomic E-state index is 13.3. The van der Waals surface area contributed by atoms with Crippen molar-refractivity contribution in [2.45, 2.75) is 52.4 Å². The molecule has 2 amide bonds. The minimum absolute atomic E-state index is 0.0505. The Balaban J connectivity index is 1.51. The molecule has 6 nitrogen and oxygen atoms in total. The van der Waals surface area contributed by atoms with Gasteiger partial charge in [-0.2, -0.15) is 0 Å². The molecular formula is C31H30ClFN2O4. The monoisotopic (exact) mass is 548 g/mol. The van der Waals surface area contributed by atoms with E-state index in [4.69, 9.17) is 16.3 Å². The van der Waals surface area contributed by atoms with Crippen LogP contribution in [0.25, 0.3) is 0 Å². The number of imide groups is 1. The lowest BCUT2D eigenvalue weighted by molar-refractivity contribution is -0.120. The number of carbonyl (C=O) groups excluding carboxylic acids is 3. The highest BCUT2D eigenvalue weighted by atomic mass is 35.5. The van der Waals surface area contributed by atoms with Gasteiger partial charge in [-0.05, 0) is 71.0 Å². The second kappa shape index (κ2) is 10.3. The number of rotatable bonds is 5. The van der Waals surface area contributed by atoms with Crippen LogP contribution in [-0.4, -0.2) is 17.8 Å². The third-order valence-electron chi connectivity index (χ3n) is 6.36. The molecular weight excluding hydrogens is 519 g/mol. The smallest absolute Gasteiger partial charge is 0.343 e. The number of carbonyl (C=O) groups is 3. The minimum atomic E-state index is -0.719. The molecule has 1 N–H and O–H groups in total. The molecule has 8 heteroatoms. The Morgan fingerprint density at radius 1 is 0.846 bits per heavy atom. The van der Waals surface area contributed by atoms with Crippen molar-refractivity contribution in [2.24, 2.45) is 0 Å². The molecule has 202 valence electrons. The van der Waals surface area contributed by atoms with E-state index < -0.39 is 23.6 Å². The third-order valence-corrected chi connectivity index (χ3v) is 6.71. The SMILES string of the molecule is CC(C)(C)c1ccc(OC(=O)c2ccc(NC3=C(Cl)C(=O)N(c4ccc(F)cc4)C3=O)cc2)c(C(C)(C)C)c1. The third kappa shape index (κ3) is 5.88. The van der Waals surface area contributed by atoms with Gasteiger partial charge in [0.05, 0.1) is 11.3 Å². The molecule has 0 radical (unpaired) electrons. The molecule has 0 saturated carbocycles. The Morgan fingerprint density at radius 3 is 2.03 bits per heavy atom. The highest BCUT2D eigenvalue weighted by molar-refractivity contribution is 6.53. The molecule has 4 rings (SSSR count). The van der Waals surface area contributed by atoms with Crippen LogP contribution in [0.3, 0.4) is 0 Å². The zero-order valence-corrected chi connectivity index (χ0v) is 23.4. The first-order valence-electron chi connectivity index (χ1n) is 12.5. The van der Waals surface area contributed by atoms with Gasteiger partial charge in [0.1, 0.15) is 22.3 Å². The molecule has 0 bridgehead atoms. The summed E-state index contributed by atoms with van der Waals surface area (Å²) >= 11 is 6.17. The Hall–Kier alpha value is -3.97. The fraction of sp³-hybridized carbons (Fsp3) is 0.258. The molecule has 0 fully saturated rings. The van der Waals surface area contributed by atoms with Crippen molar-refractivity contribution in [2.75, 3.05) is 10.2 Å². The van der Waals surface area contributed by atoms with Gasteiger partial charge < -0.3 is 10.1 Å². The normalized spacial score (nSPS) is 14.2. The van der Waals surface area contributed by atoms with Crippen molar-refractivity contribution in [3.05, 3.63) is 100.0 Å². The van der Waals surface area contributed by atoms with Gasteiger partial charge in [-0.15, -0.1) is 0 Å². The molecule has 0 saturated heterocycles. The first-order valence-corrected chi connectivity index (χ1v) is 12.8. The summed E-state index contributed by atoms with van der Waals surface area (Å²) in [7, 11) is 0. The Kier molecular flexibility index (Phi) is 7.41. The van der Waals surface area contributed by atoms with E-state index in [0.29, 0.717) is 17.0 Å². The Bertz CT molecular complexity index is 1480. The molecule has 0 atom stereocenters. The maximum absolute atomic E-state index is 13.3. The lowest BCUT2D eigenvalue weighted by Gasteiger charge is -2.26. The predicted octanol–water partition coefficient (Wildman–Crippen LogP) is 7.08. The van der Waals surface area contributed by atoms with E-state index in [1.165, 1.54) is 12.1 Å². The number of ether oxygens (including phenoxy) is 1. The number of benzene rings is 3. The van der Waals surface area contributed by atoms with Crippen LogP contribution in [0.5, 0.6) is 5.75 Å². The van der Waals surface area contributed by atoms with E-state index in [9.17, 15) is 18.8 Å². The predicted molar refractivity (Wildman–Crippen MR) is 151 cm³/mol. The van der Waals surface area contributed by atoms with Crippen molar-refractivity contribution < 1.29 is 23.5 Å². The fourth-order valence-corrected chi connectivity index (χ4v) is 4.31. The topological polar surface area (TPSA) is 75.7 Å². The molecule has 1 aliphatic heterocycles. The van der Waals surface area contributed by atoms with Crippen molar-refractivity contribution in [3.8, 4) is 5.75 Å². The summed E-state index contributed by atoms with van der Waals surface area (Å²) in [6.45, 7) is 12.6. The van der Waals surface area contributed by atoms with Crippen LogP contribution in [0.1, 0.15) is 63.0 Å². The van der Waals surface area contributed by atoms with Gasteiger partial charge in [-0.3, -0.25) is 9.59 Å². The number of halogens is 2. The van der Waals surface area contributed by atoms with Crippen LogP contribution in [0.4, 0.5) is 15.8 Å². The van der Waals surface area contributed by atoms with Crippen LogP contribution in [0.2, 0.25) is 0 Å². The standard InChI is InChI=1S/C31H30ClFN2O4/c1-30(2,3)19-9-16-24(23(17-19)31(4,5)6)39-29(38)18-7-12-21(13-8-18)34-26-25(32)27(36)35(28(26)37)22-14-10-20(33)11-15-22/h7-17,34H,1-6H3. The zero-order chi connectivity index (χ0) is 28.7. The molecule has 1 heterocycles. The van der Waals surface area contributed by atoms with Crippen LogP contribution in [0, 0.1) is 5.82 Å². The molecule has 0 spiro atoms. The van der Waals surface area contributed by atoms with E-state index in [1.54, 1.807) is 24.3 Å². The number of nitrogens with one attached hydrogen (secondary N) is 1. The first-order chi connectivity index (χ1) is 18.2. The van der Waals surface area contributed by atoms with Gasteiger partial charge in [0.15, 0.2) is 0 Å². The minimum Gasteiger partial charge on any atom is -0.423 e. The van der Waals surface area contributed by atoms with E-state index in [2.05, 4.69) is 52.9 Å². The molecule has 3 aromatic carbocycles. The lowest BCUT2D eigenvalue weighted by Crippen LogP contribution is -2.32. The van der Waals surface area contributed by atoms with E-state index >= 15 is 0 Å². The summed E-state index contributed by atoms with van der Waals surface area (Å²) in [6.07, 6.45) is 0. The summed E-state index contributed by atoms with van der Waals surface area (Å²) < 4.78 is 19.1. The lowest BCUT2D eigenvalue weighted by atomic mass is 9.80. The van der Waals surface area contributed by atoms with Gasteiger partial charge in [-0.1, -0.05) is 65.3 Å². The van der Waals surface area contributed by atoms with Gasteiger partial charge in [0.2, 0.25) is 0 Å². The largest absolute Gasteiger partial charge is 0.423 e. The molecule has 39 heavy (non-hydrogen) atoms. The van der Waals surface area contributed by atoms with Crippen LogP contribution < -0.4 is 15.0 Å². The molecule has 0 aromatic heterocycles. The van der Waals surface area contributed by atoms with Crippen LogP contribution in [0.15, 0.2) is 77.5 Å². The number of nitrogens with zero attached hydrogens (tertiary/aromatic N) is 1. The van der Waals surface area contributed by atoms with E-state index in [-0.39, 0.29) is 27.2 Å². The average molecular weight is 549 g/mol.